The number of aromatic nitrogens is 3. The van der Waals surface area contributed by atoms with Crippen LogP contribution in [0.5, 0.6) is 0 Å². The molecule has 10 heteroatoms. The zero-order chi connectivity index (χ0) is 22.8. The van der Waals surface area contributed by atoms with E-state index in [4.69, 9.17) is 0 Å². The zero-order valence-electron chi connectivity index (χ0n) is 17.3. The summed E-state index contributed by atoms with van der Waals surface area (Å²) in [4.78, 5) is 26.3. The number of pyridine rings is 1. The maximum Gasteiger partial charge on any atom is 0.255 e. The van der Waals surface area contributed by atoms with Crippen molar-refractivity contribution in [2.24, 2.45) is 0 Å². The second kappa shape index (κ2) is 8.77. The highest BCUT2D eigenvalue weighted by atomic mass is 16.5. The highest BCUT2D eigenvalue weighted by Crippen LogP contribution is 2.21. The molecule has 1 aromatic carbocycles. The van der Waals surface area contributed by atoms with E-state index in [-0.39, 0.29) is 13.1 Å². The summed E-state index contributed by atoms with van der Waals surface area (Å²) in [5.74, 6) is -1.69. The molecule has 2 amide bonds. The Balaban J connectivity index is 1.35. The molecule has 3 heterocycles. The Hall–Kier alpha value is -3.76. The molecule has 32 heavy (non-hydrogen) atoms. The molecule has 3 N–H and O–H groups in total. The van der Waals surface area contributed by atoms with Crippen molar-refractivity contribution in [2.45, 2.75) is 38.3 Å². The van der Waals surface area contributed by atoms with Crippen molar-refractivity contribution in [1.29, 1.82) is 0 Å². The van der Waals surface area contributed by atoms with E-state index in [2.05, 4.69) is 10.4 Å². The van der Waals surface area contributed by atoms with E-state index in [0.29, 0.717) is 16.0 Å². The molecule has 4 rings (SSSR count). The summed E-state index contributed by atoms with van der Waals surface area (Å²) >= 11 is 0. The Morgan fingerprint density at radius 1 is 1.12 bits per heavy atom. The molecular weight excluding hydrogens is 414 g/mol. The van der Waals surface area contributed by atoms with Gasteiger partial charge in [-0.3, -0.25) is 9.59 Å². The summed E-state index contributed by atoms with van der Waals surface area (Å²) in [6, 6.07) is 11.9. The summed E-state index contributed by atoms with van der Waals surface area (Å²) in [7, 11) is 0. The number of rotatable bonds is 6. The molecule has 0 saturated carbocycles. The van der Waals surface area contributed by atoms with Gasteiger partial charge < -0.3 is 25.6 Å². The number of aliphatic hydroxyl groups is 2. The van der Waals surface area contributed by atoms with Gasteiger partial charge in [0.15, 0.2) is 18.4 Å². The van der Waals surface area contributed by atoms with Crippen molar-refractivity contribution < 1.29 is 24.5 Å². The lowest BCUT2D eigenvalue weighted by Gasteiger charge is -2.23. The van der Waals surface area contributed by atoms with Crippen molar-refractivity contribution in [3.63, 3.8) is 0 Å². The van der Waals surface area contributed by atoms with Gasteiger partial charge in [-0.2, -0.15) is 9.83 Å². The van der Waals surface area contributed by atoms with E-state index in [0.717, 1.165) is 11.3 Å². The van der Waals surface area contributed by atoms with Gasteiger partial charge in [-0.05, 0) is 36.8 Å². The molecule has 0 radical (unpaired) electrons. The summed E-state index contributed by atoms with van der Waals surface area (Å²) in [6.45, 7) is 1.86. The Morgan fingerprint density at radius 2 is 1.88 bits per heavy atom. The van der Waals surface area contributed by atoms with Gasteiger partial charge >= 0.3 is 0 Å². The lowest BCUT2D eigenvalue weighted by molar-refractivity contribution is -0.614. The maximum atomic E-state index is 12.6. The van der Waals surface area contributed by atoms with E-state index >= 15 is 0 Å². The third kappa shape index (κ3) is 4.18. The van der Waals surface area contributed by atoms with Gasteiger partial charge in [-0.25, -0.2) is 4.68 Å². The fourth-order valence-corrected chi connectivity index (χ4v) is 3.66. The number of fused-ring (bicyclic) bond motifs is 1. The minimum atomic E-state index is -1.95. The smallest absolute Gasteiger partial charge is 0.255 e. The van der Waals surface area contributed by atoms with Crippen LogP contribution < -0.4 is 10.0 Å². The highest BCUT2D eigenvalue weighted by molar-refractivity contribution is 5.91. The third-order valence-corrected chi connectivity index (χ3v) is 5.51. The van der Waals surface area contributed by atoms with Crippen LogP contribution in [0.4, 0.5) is 0 Å². The fraction of sp³-hybridized carbons (Fsp3) is 0.273. The molecule has 3 atom stereocenters. The van der Waals surface area contributed by atoms with E-state index in [1.54, 1.807) is 29.9 Å². The van der Waals surface area contributed by atoms with Gasteiger partial charge in [-0.15, -0.1) is 0 Å². The van der Waals surface area contributed by atoms with Crippen LogP contribution in [0.1, 0.15) is 29.8 Å². The molecule has 0 unspecified atom stereocenters. The maximum absolute atomic E-state index is 12.6. The first-order valence-corrected chi connectivity index (χ1v) is 10.1. The molecule has 166 valence electrons. The van der Waals surface area contributed by atoms with E-state index in [1.165, 1.54) is 11.1 Å². The van der Waals surface area contributed by atoms with E-state index in [1.807, 2.05) is 36.5 Å². The van der Waals surface area contributed by atoms with Crippen molar-refractivity contribution in [1.82, 2.24) is 20.0 Å². The Morgan fingerprint density at radius 3 is 2.53 bits per heavy atom. The van der Waals surface area contributed by atoms with Gasteiger partial charge in [0.1, 0.15) is 6.54 Å². The average molecular weight is 437 g/mol. The topological polar surface area (TPSA) is 135 Å². The van der Waals surface area contributed by atoms with Gasteiger partial charge in [0, 0.05) is 24.0 Å². The van der Waals surface area contributed by atoms with Crippen LogP contribution in [-0.2, 0) is 22.7 Å². The van der Waals surface area contributed by atoms with Crippen molar-refractivity contribution in [2.75, 3.05) is 0 Å². The lowest BCUT2D eigenvalue weighted by Crippen LogP contribution is -2.50. The third-order valence-electron chi connectivity index (χ3n) is 5.51. The number of aliphatic hydroxyl groups excluding tert-OH is 2. The van der Waals surface area contributed by atoms with Crippen molar-refractivity contribution in [3.8, 4) is 5.69 Å². The largest absolute Gasteiger partial charge is 0.618 e. The van der Waals surface area contributed by atoms with Crippen molar-refractivity contribution in [3.05, 3.63) is 83.1 Å². The quantitative estimate of drug-likeness (QED) is 0.366. The fourth-order valence-electron chi connectivity index (χ4n) is 3.66. The number of amides is 2. The molecule has 3 aromatic rings. The van der Waals surface area contributed by atoms with Crippen LogP contribution in [-0.4, -0.2) is 48.9 Å². The van der Waals surface area contributed by atoms with Gasteiger partial charge in [-0.1, -0.05) is 12.1 Å². The Kier molecular flexibility index (Phi) is 5.89. The molecular formula is C22H23N5O5. The van der Waals surface area contributed by atoms with Crippen LogP contribution in [0, 0.1) is 5.21 Å². The summed E-state index contributed by atoms with van der Waals surface area (Å²) in [5.41, 5.74) is 2.69. The van der Waals surface area contributed by atoms with Crippen LogP contribution in [0.15, 0.2) is 61.1 Å². The average Bonchev–Trinajstić information content (AvgIpc) is 3.48. The van der Waals surface area contributed by atoms with Gasteiger partial charge in [0.25, 0.3) is 11.8 Å². The first kappa shape index (κ1) is 21.5. The molecule has 0 spiro atoms. The molecule has 0 aliphatic carbocycles. The Labute approximate surface area is 183 Å². The monoisotopic (exact) mass is 437 g/mol. The Bertz CT molecular complexity index is 1120. The van der Waals surface area contributed by atoms with Gasteiger partial charge in [0.2, 0.25) is 5.69 Å². The zero-order valence-corrected chi connectivity index (χ0v) is 17.3. The predicted octanol–water partition coefficient (Wildman–Crippen LogP) is -0.0529. The summed E-state index contributed by atoms with van der Waals surface area (Å²) < 4.78 is 2.36. The first-order chi connectivity index (χ1) is 15.3. The van der Waals surface area contributed by atoms with Crippen LogP contribution in [0.3, 0.4) is 0 Å². The van der Waals surface area contributed by atoms with E-state index < -0.39 is 30.1 Å². The number of hydrogen-bond donors (Lipinski definition) is 3. The SMILES string of the molecule is C[C@@H](NC(=O)[C@H](O)[C@@H](O)C(=O)N1Cc2ccc[n+]([O-])c2C1)c1ccc(-n2cccn2)cc1. The summed E-state index contributed by atoms with van der Waals surface area (Å²) in [5, 5.41) is 39.1. The molecule has 2 aromatic heterocycles. The number of carbonyl (C=O) groups is 2. The molecule has 1 aliphatic rings. The molecule has 10 nitrogen and oxygen atoms in total. The summed E-state index contributed by atoms with van der Waals surface area (Å²) in [6.07, 6.45) is 0.915. The highest BCUT2D eigenvalue weighted by Gasteiger charge is 2.37. The second-order valence-corrected chi connectivity index (χ2v) is 7.66. The van der Waals surface area contributed by atoms with E-state index in [9.17, 15) is 25.0 Å². The molecule has 1 aliphatic heterocycles. The number of carbonyl (C=O) groups excluding carboxylic acids is 2. The lowest BCUT2D eigenvalue weighted by atomic mass is 10.1. The predicted molar refractivity (Wildman–Crippen MR) is 112 cm³/mol. The normalized spacial score (nSPS) is 15.7. The molecule has 0 fully saturated rings. The second-order valence-electron chi connectivity index (χ2n) is 7.66. The van der Waals surface area contributed by atoms with Gasteiger partial charge in [0.05, 0.1) is 18.3 Å². The number of benzene rings is 1. The van der Waals surface area contributed by atoms with Crippen molar-refractivity contribution >= 4 is 11.8 Å². The van der Waals surface area contributed by atoms with Crippen LogP contribution >= 0.6 is 0 Å². The standard InChI is InChI=1S/C22H23N5O5/c1-14(15-5-7-17(8-6-15)26-10-3-9-23-26)24-21(30)19(28)20(29)22(31)25-12-16-4-2-11-27(32)18(16)13-25/h2-11,14,19-20,28-29H,12-13H2,1H3,(H,24,30)/t14-,19-,20-/m1/s1. The van der Waals surface area contributed by atoms with Crippen LogP contribution in [0.25, 0.3) is 5.69 Å². The number of nitrogens with zero attached hydrogens (tertiary/aromatic N) is 4. The van der Waals surface area contributed by atoms with Crippen LogP contribution in [0.2, 0.25) is 0 Å². The minimum Gasteiger partial charge on any atom is -0.618 e. The number of nitrogens with one attached hydrogen (secondary N) is 1. The minimum absolute atomic E-state index is 0.00289. The number of hydrogen-bond acceptors (Lipinski definition) is 6. The molecule has 0 saturated heterocycles. The molecule has 0 bridgehead atoms. The first-order valence-electron chi connectivity index (χ1n) is 10.1.